The Labute approximate surface area is 157 Å². The van der Waals surface area contributed by atoms with Gasteiger partial charge in [0.25, 0.3) is 5.91 Å². The number of carbonyl (C=O) groups is 1. The van der Waals surface area contributed by atoms with Gasteiger partial charge in [0.05, 0.1) is 4.90 Å². The quantitative estimate of drug-likeness (QED) is 0.691. The molecule has 3 aromatic rings. The Morgan fingerprint density at radius 3 is 2.56 bits per heavy atom. The van der Waals surface area contributed by atoms with Crippen molar-refractivity contribution in [1.29, 1.82) is 0 Å². The van der Waals surface area contributed by atoms with Crippen LogP contribution in [-0.4, -0.2) is 54.7 Å². The van der Waals surface area contributed by atoms with Crippen molar-refractivity contribution >= 4 is 27.0 Å². The molecule has 2 heterocycles. The van der Waals surface area contributed by atoms with Gasteiger partial charge in [-0.15, -0.1) is 0 Å². The summed E-state index contributed by atoms with van der Waals surface area (Å²) in [7, 11) is -3.55. The van der Waals surface area contributed by atoms with Crippen LogP contribution in [0.1, 0.15) is 15.9 Å². The van der Waals surface area contributed by atoms with Crippen LogP contribution < -0.4 is 0 Å². The van der Waals surface area contributed by atoms with Crippen molar-refractivity contribution in [3.63, 3.8) is 0 Å². The Kier molecular flexibility index (Phi) is 4.45. The van der Waals surface area contributed by atoms with Crippen molar-refractivity contribution in [3.05, 3.63) is 60.0 Å². The Morgan fingerprint density at radius 2 is 1.81 bits per heavy atom. The summed E-state index contributed by atoms with van der Waals surface area (Å²) >= 11 is 0. The molecule has 1 amide bonds. The van der Waals surface area contributed by atoms with Gasteiger partial charge in [0.15, 0.2) is 12.0 Å². The fraction of sp³-hybridized carbons (Fsp3) is 0.263. The molecule has 1 saturated heterocycles. The molecule has 7 nitrogen and oxygen atoms in total. The topological polar surface area (TPSA) is 83.7 Å². The summed E-state index contributed by atoms with van der Waals surface area (Å²) < 4.78 is 32.4. The number of fused-ring (bicyclic) bond motifs is 1. The second-order valence-electron chi connectivity index (χ2n) is 6.50. The lowest BCUT2D eigenvalue weighted by atomic mass is 10.1. The van der Waals surface area contributed by atoms with E-state index in [-0.39, 0.29) is 19.0 Å². The lowest BCUT2D eigenvalue weighted by molar-refractivity contribution is 0.0698. The van der Waals surface area contributed by atoms with Crippen molar-refractivity contribution in [2.45, 2.75) is 11.8 Å². The third-order valence-electron chi connectivity index (χ3n) is 4.81. The monoisotopic (exact) mass is 385 g/mol. The predicted octanol–water partition coefficient (Wildman–Crippen LogP) is 2.28. The second-order valence-corrected chi connectivity index (χ2v) is 8.40. The number of hydrogen-bond acceptors (Lipinski definition) is 5. The first-order valence-corrected chi connectivity index (χ1v) is 10.1. The standard InChI is InChI=1S/C19H19N3O4S/c1-14-4-2-3-5-18(14)27(24,25)22-10-8-21(9-11-22)19(23)15-6-7-17-16(12-15)20-13-26-17/h2-7,12-13H,8-11H2,1H3. The first-order chi connectivity index (χ1) is 13.0. The summed E-state index contributed by atoms with van der Waals surface area (Å²) in [6.07, 6.45) is 1.34. The first-order valence-electron chi connectivity index (χ1n) is 8.65. The van der Waals surface area contributed by atoms with Gasteiger partial charge in [0, 0.05) is 31.7 Å². The van der Waals surface area contributed by atoms with Gasteiger partial charge >= 0.3 is 0 Å². The molecule has 27 heavy (non-hydrogen) atoms. The summed E-state index contributed by atoms with van der Waals surface area (Å²) in [6.45, 7) is 3.03. The van der Waals surface area contributed by atoms with E-state index in [0.717, 1.165) is 5.56 Å². The van der Waals surface area contributed by atoms with Gasteiger partial charge in [-0.05, 0) is 36.8 Å². The van der Waals surface area contributed by atoms with Gasteiger partial charge in [0.2, 0.25) is 10.0 Å². The Balaban J connectivity index is 1.48. The number of sulfonamides is 1. The number of oxazole rings is 1. The number of piperazine rings is 1. The van der Waals surface area contributed by atoms with Gasteiger partial charge in [0.1, 0.15) is 5.52 Å². The fourth-order valence-corrected chi connectivity index (χ4v) is 4.94. The smallest absolute Gasteiger partial charge is 0.254 e. The van der Waals surface area contributed by atoms with E-state index in [2.05, 4.69) is 4.98 Å². The maximum absolute atomic E-state index is 12.9. The molecule has 8 heteroatoms. The highest BCUT2D eigenvalue weighted by molar-refractivity contribution is 7.89. The average molecular weight is 385 g/mol. The van der Waals surface area contributed by atoms with Gasteiger partial charge in [-0.25, -0.2) is 13.4 Å². The Hall–Kier alpha value is -2.71. The van der Waals surface area contributed by atoms with Gasteiger partial charge in [-0.1, -0.05) is 18.2 Å². The number of carbonyl (C=O) groups excluding carboxylic acids is 1. The minimum atomic E-state index is -3.55. The highest BCUT2D eigenvalue weighted by atomic mass is 32.2. The number of hydrogen-bond donors (Lipinski definition) is 0. The van der Waals surface area contributed by atoms with Crippen LogP contribution in [0.5, 0.6) is 0 Å². The summed E-state index contributed by atoms with van der Waals surface area (Å²) in [5, 5.41) is 0. The normalized spacial score (nSPS) is 16.0. The van der Waals surface area contributed by atoms with Gasteiger partial charge in [-0.2, -0.15) is 4.31 Å². The number of rotatable bonds is 3. The number of nitrogens with zero attached hydrogens (tertiary/aromatic N) is 3. The molecule has 0 spiro atoms. The Morgan fingerprint density at radius 1 is 1.07 bits per heavy atom. The number of aromatic nitrogens is 1. The van der Waals surface area contributed by atoms with Crippen LogP contribution in [0.2, 0.25) is 0 Å². The van der Waals surface area contributed by atoms with Crippen LogP contribution >= 0.6 is 0 Å². The summed E-state index contributed by atoms with van der Waals surface area (Å²) in [5.74, 6) is -0.132. The molecule has 4 rings (SSSR count). The number of amides is 1. The van der Waals surface area contributed by atoms with Crippen LogP contribution in [-0.2, 0) is 10.0 Å². The van der Waals surface area contributed by atoms with Gasteiger partial charge < -0.3 is 9.32 Å². The molecule has 0 bridgehead atoms. The molecule has 0 radical (unpaired) electrons. The van der Waals surface area contributed by atoms with Crippen molar-refractivity contribution < 1.29 is 17.6 Å². The zero-order valence-electron chi connectivity index (χ0n) is 14.8. The highest BCUT2D eigenvalue weighted by Gasteiger charge is 2.31. The highest BCUT2D eigenvalue weighted by Crippen LogP contribution is 2.22. The molecule has 1 aliphatic heterocycles. The van der Waals surface area contributed by atoms with E-state index < -0.39 is 10.0 Å². The molecule has 0 saturated carbocycles. The van der Waals surface area contributed by atoms with Crippen LogP contribution in [0.3, 0.4) is 0 Å². The summed E-state index contributed by atoms with van der Waals surface area (Å²) in [6, 6.07) is 12.1. The van der Waals surface area contributed by atoms with Crippen LogP contribution in [0, 0.1) is 6.92 Å². The van der Waals surface area contributed by atoms with Crippen molar-refractivity contribution in [1.82, 2.24) is 14.2 Å². The van der Waals surface area contributed by atoms with E-state index in [4.69, 9.17) is 4.42 Å². The zero-order valence-corrected chi connectivity index (χ0v) is 15.6. The minimum Gasteiger partial charge on any atom is -0.443 e. The molecular weight excluding hydrogens is 366 g/mol. The maximum atomic E-state index is 12.9. The third kappa shape index (κ3) is 3.22. The molecular formula is C19H19N3O4S. The number of aryl methyl sites for hydroxylation is 1. The van der Waals surface area contributed by atoms with E-state index in [0.29, 0.717) is 34.6 Å². The SMILES string of the molecule is Cc1ccccc1S(=O)(=O)N1CCN(C(=O)c2ccc3ocnc3c2)CC1. The molecule has 0 atom stereocenters. The Bertz CT molecular complexity index is 1100. The molecule has 0 unspecified atom stereocenters. The van der Waals surface area contributed by atoms with Crippen LogP contribution in [0.25, 0.3) is 11.1 Å². The molecule has 1 aliphatic rings. The van der Waals surface area contributed by atoms with Crippen LogP contribution in [0.4, 0.5) is 0 Å². The summed E-state index contributed by atoms with van der Waals surface area (Å²) in [5.41, 5.74) is 2.49. The molecule has 2 aromatic carbocycles. The average Bonchev–Trinajstić information content (AvgIpc) is 3.15. The van der Waals surface area contributed by atoms with E-state index in [1.807, 2.05) is 6.07 Å². The van der Waals surface area contributed by atoms with Crippen LogP contribution in [0.15, 0.2) is 58.2 Å². The fourth-order valence-electron chi connectivity index (χ4n) is 3.29. The lowest BCUT2D eigenvalue weighted by Gasteiger charge is -2.34. The molecule has 0 N–H and O–H groups in total. The molecule has 140 valence electrons. The minimum absolute atomic E-state index is 0.132. The van der Waals surface area contributed by atoms with Crippen molar-refractivity contribution in [2.75, 3.05) is 26.2 Å². The first kappa shape index (κ1) is 17.7. The van der Waals surface area contributed by atoms with E-state index in [1.54, 1.807) is 48.2 Å². The van der Waals surface area contributed by atoms with Crippen molar-refractivity contribution in [2.24, 2.45) is 0 Å². The van der Waals surface area contributed by atoms with E-state index in [9.17, 15) is 13.2 Å². The number of benzene rings is 2. The zero-order chi connectivity index (χ0) is 19.0. The summed E-state index contributed by atoms with van der Waals surface area (Å²) in [4.78, 5) is 18.8. The second kappa shape index (κ2) is 6.79. The third-order valence-corrected chi connectivity index (χ3v) is 6.87. The van der Waals surface area contributed by atoms with Crippen molar-refractivity contribution in [3.8, 4) is 0 Å². The van der Waals surface area contributed by atoms with E-state index in [1.165, 1.54) is 10.7 Å². The lowest BCUT2D eigenvalue weighted by Crippen LogP contribution is -2.50. The predicted molar refractivity (Wildman–Crippen MR) is 99.9 cm³/mol. The molecule has 1 fully saturated rings. The van der Waals surface area contributed by atoms with Gasteiger partial charge in [-0.3, -0.25) is 4.79 Å². The van der Waals surface area contributed by atoms with E-state index >= 15 is 0 Å². The molecule has 0 aliphatic carbocycles. The molecule has 1 aromatic heterocycles. The maximum Gasteiger partial charge on any atom is 0.254 e. The largest absolute Gasteiger partial charge is 0.443 e.